The van der Waals surface area contributed by atoms with E-state index in [0.717, 1.165) is 0 Å². The number of piperidine rings is 1. The van der Waals surface area contributed by atoms with E-state index in [9.17, 15) is 9.59 Å². The fraction of sp³-hybridized carbons (Fsp3) is 0.467. The zero-order valence-corrected chi connectivity index (χ0v) is 12.5. The Morgan fingerprint density at radius 2 is 2.14 bits per heavy atom. The third-order valence-corrected chi connectivity index (χ3v) is 4.41. The zero-order chi connectivity index (χ0) is 15.2. The van der Waals surface area contributed by atoms with Gasteiger partial charge in [0.05, 0.1) is 6.61 Å². The van der Waals surface area contributed by atoms with Gasteiger partial charge in [0.15, 0.2) is 0 Å². The number of carbonyl (C=O) groups is 2. The van der Waals surface area contributed by atoms with Crippen molar-refractivity contribution in [1.82, 2.24) is 4.90 Å². The average Bonchev–Trinajstić information content (AvgIpc) is 2.95. The van der Waals surface area contributed by atoms with Crippen LogP contribution < -0.4 is 5.73 Å². The predicted octanol–water partition coefficient (Wildman–Crippen LogP) is 0.819. The number of nitrogens with two attached hydrogens (primary N) is 1. The van der Waals surface area contributed by atoms with E-state index in [0.29, 0.717) is 42.8 Å². The zero-order valence-electron chi connectivity index (χ0n) is 11.7. The van der Waals surface area contributed by atoms with Gasteiger partial charge in [-0.15, -0.1) is 11.3 Å². The fourth-order valence-electron chi connectivity index (χ4n) is 2.30. The number of hydrogen-bond donors (Lipinski definition) is 2. The number of nitrogens with zero attached hydrogens (tertiary/aromatic N) is 1. The maximum absolute atomic E-state index is 12.5. The Hall–Kier alpha value is -1.84. The van der Waals surface area contributed by atoms with Crippen molar-refractivity contribution in [2.75, 3.05) is 19.7 Å². The first-order chi connectivity index (χ1) is 10.1. The van der Waals surface area contributed by atoms with E-state index in [1.54, 1.807) is 4.90 Å². The molecule has 0 radical (unpaired) electrons. The van der Waals surface area contributed by atoms with E-state index in [1.807, 2.05) is 11.4 Å². The number of rotatable bonds is 3. The molecule has 0 aromatic carbocycles. The van der Waals surface area contributed by atoms with Gasteiger partial charge < -0.3 is 15.7 Å². The lowest BCUT2D eigenvalue weighted by Crippen LogP contribution is -2.41. The van der Waals surface area contributed by atoms with Crippen molar-refractivity contribution in [3.63, 3.8) is 0 Å². The summed E-state index contributed by atoms with van der Waals surface area (Å²) in [6.45, 7) is 1.11. The highest BCUT2D eigenvalue weighted by atomic mass is 32.1. The Labute approximate surface area is 127 Å². The largest absolute Gasteiger partial charge is 0.395 e. The van der Waals surface area contributed by atoms with Crippen LogP contribution in [-0.2, 0) is 4.79 Å². The number of carbonyl (C=O) groups excluding carboxylic acids is 2. The maximum atomic E-state index is 12.5. The molecule has 2 amide bonds. The number of likely N-dealkylation sites (tertiary alicyclic amines) is 1. The molecule has 0 aliphatic carbocycles. The van der Waals surface area contributed by atoms with Gasteiger partial charge in [0.2, 0.25) is 5.91 Å². The van der Waals surface area contributed by atoms with Crippen molar-refractivity contribution < 1.29 is 14.7 Å². The third kappa shape index (κ3) is 3.84. The summed E-state index contributed by atoms with van der Waals surface area (Å²) in [6.07, 6.45) is 1.64. The van der Waals surface area contributed by atoms with Gasteiger partial charge in [-0.25, -0.2) is 0 Å². The minimum absolute atomic E-state index is 0.0149. The van der Waals surface area contributed by atoms with E-state index >= 15 is 0 Å². The van der Waals surface area contributed by atoms with Crippen LogP contribution in [0.1, 0.15) is 34.5 Å². The molecule has 1 aliphatic rings. The molecule has 3 N–H and O–H groups in total. The van der Waals surface area contributed by atoms with Crippen molar-refractivity contribution >= 4 is 23.2 Å². The van der Waals surface area contributed by atoms with Crippen LogP contribution >= 0.6 is 11.3 Å². The molecule has 6 heteroatoms. The summed E-state index contributed by atoms with van der Waals surface area (Å²) in [6, 6.07) is 1.82. The SMILES string of the molecule is NC(=O)C1CCN(C(=O)c2sccc2C#CCCO)CC1. The number of aliphatic hydroxyl groups excluding tert-OH is 1. The predicted molar refractivity (Wildman–Crippen MR) is 80.7 cm³/mol. The molecule has 5 nitrogen and oxygen atoms in total. The lowest BCUT2D eigenvalue weighted by Gasteiger charge is -2.30. The van der Waals surface area contributed by atoms with Crippen molar-refractivity contribution in [3.8, 4) is 11.8 Å². The second-order valence-electron chi connectivity index (χ2n) is 4.91. The summed E-state index contributed by atoms with van der Waals surface area (Å²) in [4.78, 5) is 26.0. The van der Waals surface area contributed by atoms with Crippen LogP contribution in [0.25, 0.3) is 0 Å². The molecule has 0 saturated carbocycles. The first-order valence-electron chi connectivity index (χ1n) is 6.89. The first kappa shape index (κ1) is 15.5. The Morgan fingerprint density at radius 3 is 2.76 bits per heavy atom. The topological polar surface area (TPSA) is 83.6 Å². The average molecular weight is 306 g/mol. The van der Waals surface area contributed by atoms with E-state index in [2.05, 4.69) is 11.8 Å². The molecule has 0 unspecified atom stereocenters. The lowest BCUT2D eigenvalue weighted by molar-refractivity contribution is -0.123. The van der Waals surface area contributed by atoms with Gasteiger partial charge >= 0.3 is 0 Å². The van der Waals surface area contributed by atoms with Gasteiger partial charge in [0, 0.05) is 31.0 Å². The summed E-state index contributed by atoms with van der Waals surface area (Å²) in [5.74, 6) is 5.30. The number of aliphatic hydroxyl groups is 1. The molecule has 2 rings (SSSR count). The molecule has 1 aromatic rings. The van der Waals surface area contributed by atoms with Crippen molar-refractivity contribution in [2.24, 2.45) is 11.7 Å². The summed E-state index contributed by atoms with van der Waals surface area (Å²) in [7, 11) is 0. The molecule has 112 valence electrons. The summed E-state index contributed by atoms with van der Waals surface area (Å²) >= 11 is 1.37. The Kier molecular flexibility index (Phi) is 5.37. The number of thiophene rings is 1. The van der Waals surface area contributed by atoms with Crippen LogP contribution in [0, 0.1) is 17.8 Å². The number of primary amides is 1. The smallest absolute Gasteiger partial charge is 0.265 e. The maximum Gasteiger partial charge on any atom is 0.265 e. The summed E-state index contributed by atoms with van der Waals surface area (Å²) < 4.78 is 0. The fourth-order valence-corrected chi connectivity index (χ4v) is 3.11. The van der Waals surface area contributed by atoms with Gasteiger partial charge in [0.25, 0.3) is 5.91 Å². The quantitative estimate of drug-likeness (QED) is 0.811. The van der Waals surface area contributed by atoms with Crippen molar-refractivity contribution in [3.05, 3.63) is 21.9 Å². The minimum Gasteiger partial charge on any atom is -0.395 e. The van der Waals surface area contributed by atoms with Gasteiger partial charge in [-0.3, -0.25) is 9.59 Å². The standard InChI is InChI=1S/C15H18N2O3S/c16-14(19)12-4-7-17(8-5-12)15(20)13-11(6-10-21-13)3-1-2-9-18/h6,10,12,18H,2,4-5,7-9H2,(H2,16,19). The molecule has 0 spiro atoms. The highest BCUT2D eigenvalue weighted by Crippen LogP contribution is 2.23. The van der Waals surface area contributed by atoms with Crippen LogP contribution in [0.3, 0.4) is 0 Å². The Morgan fingerprint density at radius 1 is 1.43 bits per heavy atom. The van der Waals surface area contributed by atoms with Gasteiger partial charge in [-0.2, -0.15) is 0 Å². The Balaban J connectivity index is 2.03. The van der Waals surface area contributed by atoms with E-state index in [-0.39, 0.29) is 24.3 Å². The van der Waals surface area contributed by atoms with Crippen molar-refractivity contribution in [1.29, 1.82) is 0 Å². The summed E-state index contributed by atoms with van der Waals surface area (Å²) in [5, 5.41) is 10.6. The lowest BCUT2D eigenvalue weighted by atomic mass is 9.96. The highest BCUT2D eigenvalue weighted by Gasteiger charge is 2.27. The van der Waals surface area contributed by atoms with Crippen LogP contribution in [0.5, 0.6) is 0 Å². The monoisotopic (exact) mass is 306 g/mol. The van der Waals surface area contributed by atoms with E-state index in [4.69, 9.17) is 10.8 Å². The molecular formula is C15H18N2O3S. The molecule has 1 saturated heterocycles. The van der Waals surface area contributed by atoms with Crippen LogP contribution in [0.15, 0.2) is 11.4 Å². The molecule has 2 heterocycles. The molecular weight excluding hydrogens is 288 g/mol. The second kappa shape index (κ2) is 7.25. The van der Waals surface area contributed by atoms with Gasteiger partial charge in [-0.05, 0) is 24.3 Å². The number of amides is 2. The third-order valence-electron chi connectivity index (χ3n) is 3.50. The molecule has 21 heavy (non-hydrogen) atoms. The highest BCUT2D eigenvalue weighted by molar-refractivity contribution is 7.12. The second-order valence-corrected chi connectivity index (χ2v) is 5.82. The molecule has 1 aliphatic heterocycles. The van der Waals surface area contributed by atoms with Crippen molar-refractivity contribution in [2.45, 2.75) is 19.3 Å². The van der Waals surface area contributed by atoms with Crippen LogP contribution in [0.4, 0.5) is 0 Å². The van der Waals surface area contributed by atoms with E-state index < -0.39 is 0 Å². The number of hydrogen-bond acceptors (Lipinski definition) is 4. The van der Waals surface area contributed by atoms with Crippen LogP contribution in [0.2, 0.25) is 0 Å². The van der Waals surface area contributed by atoms with Gasteiger partial charge in [0.1, 0.15) is 4.88 Å². The minimum atomic E-state index is -0.284. The molecule has 1 fully saturated rings. The normalized spacial score (nSPS) is 15.4. The molecule has 0 atom stereocenters. The molecule has 0 bridgehead atoms. The first-order valence-corrected chi connectivity index (χ1v) is 7.77. The summed E-state index contributed by atoms with van der Waals surface area (Å²) in [5.41, 5.74) is 6.00. The molecule has 1 aromatic heterocycles. The Bertz CT molecular complexity index is 577. The van der Waals surface area contributed by atoms with Gasteiger partial charge in [-0.1, -0.05) is 11.8 Å². The van der Waals surface area contributed by atoms with Crippen LogP contribution in [-0.4, -0.2) is 41.5 Å². The van der Waals surface area contributed by atoms with E-state index in [1.165, 1.54) is 11.3 Å².